The average molecular weight is 357 g/mol. The number of amides is 2. The van der Waals surface area contributed by atoms with E-state index >= 15 is 0 Å². The van der Waals surface area contributed by atoms with Crippen LogP contribution in [-0.2, 0) is 26.1 Å². The van der Waals surface area contributed by atoms with Gasteiger partial charge in [0.2, 0.25) is 10.0 Å². The Balaban J connectivity index is 2.63. The van der Waals surface area contributed by atoms with Crippen molar-refractivity contribution in [3.63, 3.8) is 0 Å². The first kappa shape index (κ1) is 19.9. The van der Waals surface area contributed by atoms with Gasteiger partial charge in [0, 0.05) is 6.54 Å². The van der Waals surface area contributed by atoms with Crippen molar-refractivity contribution in [3.05, 3.63) is 29.8 Å². The quantitative estimate of drug-likeness (QED) is 0.620. The number of primary sulfonamides is 1. The maximum atomic E-state index is 11.9. The van der Waals surface area contributed by atoms with Gasteiger partial charge in [0.15, 0.2) is 0 Å². The van der Waals surface area contributed by atoms with E-state index < -0.39 is 28.1 Å². The summed E-state index contributed by atoms with van der Waals surface area (Å²) in [7, 11) is -2.47. The Bertz CT molecular complexity index is 673. The van der Waals surface area contributed by atoms with E-state index in [2.05, 4.69) is 10.6 Å². The molecular formula is C15H23N3O5S. The highest BCUT2D eigenvalue weighted by Gasteiger charge is 2.26. The number of nitrogens with one attached hydrogen (secondary N) is 2. The molecule has 134 valence electrons. The fraction of sp³-hybridized carbons (Fsp3) is 0.467. The summed E-state index contributed by atoms with van der Waals surface area (Å²) in [4.78, 5) is 23.7. The Morgan fingerprint density at radius 3 is 2.29 bits per heavy atom. The van der Waals surface area contributed by atoms with Gasteiger partial charge in [-0.15, -0.1) is 0 Å². The predicted molar refractivity (Wildman–Crippen MR) is 88.4 cm³/mol. The number of benzene rings is 1. The highest BCUT2D eigenvalue weighted by molar-refractivity contribution is 7.89. The van der Waals surface area contributed by atoms with Crippen LogP contribution in [0.5, 0.6) is 0 Å². The van der Waals surface area contributed by atoms with Gasteiger partial charge in [0.05, 0.1) is 12.0 Å². The summed E-state index contributed by atoms with van der Waals surface area (Å²) in [6.45, 7) is 3.92. The van der Waals surface area contributed by atoms with Crippen LogP contribution in [0.1, 0.15) is 25.8 Å². The lowest BCUT2D eigenvalue weighted by atomic mass is 9.99. The van der Waals surface area contributed by atoms with E-state index in [1.807, 2.05) is 13.8 Å². The molecule has 0 aliphatic carbocycles. The van der Waals surface area contributed by atoms with E-state index in [0.29, 0.717) is 12.0 Å². The second kappa shape index (κ2) is 8.65. The number of sulfonamides is 1. The van der Waals surface area contributed by atoms with Crippen LogP contribution in [0.2, 0.25) is 0 Å². The first-order valence-corrected chi connectivity index (χ1v) is 8.97. The molecule has 0 bridgehead atoms. The summed E-state index contributed by atoms with van der Waals surface area (Å²) in [5.74, 6) is -0.575. The van der Waals surface area contributed by atoms with Gasteiger partial charge in [-0.2, -0.15) is 0 Å². The van der Waals surface area contributed by atoms with Crippen molar-refractivity contribution >= 4 is 22.0 Å². The molecule has 1 aromatic rings. The molecule has 0 aliphatic rings. The lowest BCUT2D eigenvalue weighted by Crippen LogP contribution is -2.49. The number of esters is 1. The summed E-state index contributed by atoms with van der Waals surface area (Å²) in [6.07, 6.45) is 0.703. The number of urea groups is 1. The van der Waals surface area contributed by atoms with Crippen molar-refractivity contribution in [2.45, 2.75) is 37.8 Å². The Morgan fingerprint density at radius 2 is 1.83 bits per heavy atom. The van der Waals surface area contributed by atoms with Crippen molar-refractivity contribution < 1.29 is 22.7 Å². The largest absolute Gasteiger partial charge is 0.467 e. The van der Waals surface area contributed by atoms with Crippen LogP contribution >= 0.6 is 0 Å². The third kappa shape index (κ3) is 5.82. The average Bonchev–Trinajstić information content (AvgIpc) is 2.56. The van der Waals surface area contributed by atoms with Crippen LogP contribution in [0.25, 0.3) is 0 Å². The van der Waals surface area contributed by atoms with Gasteiger partial charge in [-0.05, 0) is 23.6 Å². The van der Waals surface area contributed by atoms with Crippen molar-refractivity contribution in [1.29, 1.82) is 0 Å². The molecule has 0 saturated heterocycles. The van der Waals surface area contributed by atoms with Crippen LogP contribution in [-0.4, -0.2) is 33.6 Å². The summed E-state index contributed by atoms with van der Waals surface area (Å²) < 4.78 is 27.0. The SMILES string of the molecule is CC[C@@H](C)[C@@H](NC(=O)NCc1ccc(S(N)(=O)=O)cc1)C(=O)OC. The topological polar surface area (TPSA) is 128 Å². The Hall–Kier alpha value is -2.13. The van der Waals surface area contributed by atoms with Crippen LogP contribution in [0.15, 0.2) is 29.2 Å². The lowest BCUT2D eigenvalue weighted by Gasteiger charge is -2.22. The van der Waals surface area contributed by atoms with Crippen LogP contribution in [0, 0.1) is 5.92 Å². The zero-order chi connectivity index (χ0) is 18.3. The molecule has 0 aromatic heterocycles. The smallest absolute Gasteiger partial charge is 0.328 e. The van der Waals surface area contributed by atoms with E-state index in [4.69, 9.17) is 9.88 Å². The highest BCUT2D eigenvalue weighted by atomic mass is 32.2. The second-order valence-electron chi connectivity index (χ2n) is 5.40. The molecule has 8 nitrogen and oxygen atoms in total. The molecule has 0 saturated carbocycles. The number of rotatable bonds is 7. The standard InChI is InChI=1S/C15H23N3O5S/c1-4-10(2)13(14(19)23-3)18-15(20)17-9-11-5-7-12(8-6-11)24(16,21)22/h5-8,10,13H,4,9H2,1-3H3,(H2,16,21,22)(H2,17,18,20)/t10-,13-/m1/s1. The van der Waals surface area contributed by atoms with Gasteiger partial charge < -0.3 is 15.4 Å². The molecule has 0 spiro atoms. The Morgan fingerprint density at radius 1 is 1.25 bits per heavy atom. The van der Waals surface area contributed by atoms with Crippen LogP contribution in [0.3, 0.4) is 0 Å². The van der Waals surface area contributed by atoms with E-state index in [9.17, 15) is 18.0 Å². The first-order chi connectivity index (χ1) is 11.2. The van der Waals surface area contributed by atoms with Gasteiger partial charge in [0.1, 0.15) is 6.04 Å². The molecule has 24 heavy (non-hydrogen) atoms. The van der Waals surface area contributed by atoms with E-state index in [-0.39, 0.29) is 17.4 Å². The van der Waals surface area contributed by atoms with Gasteiger partial charge in [-0.25, -0.2) is 23.1 Å². The lowest BCUT2D eigenvalue weighted by molar-refractivity contribution is -0.144. The fourth-order valence-corrected chi connectivity index (χ4v) is 2.48. The number of nitrogens with two attached hydrogens (primary N) is 1. The minimum atomic E-state index is -3.74. The molecule has 0 radical (unpaired) electrons. The molecule has 4 N–H and O–H groups in total. The molecule has 2 amide bonds. The summed E-state index contributed by atoms with van der Waals surface area (Å²) in [5.41, 5.74) is 0.690. The number of carbonyl (C=O) groups excluding carboxylic acids is 2. The number of ether oxygens (including phenoxy) is 1. The Kier molecular flexibility index (Phi) is 7.18. The number of hydrogen-bond donors (Lipinski definition) is 3. The summed E-state index contributed by atoms with van der Waals surface area (Å²) in [6, 6.07) is 4.58. The highest BCUT2D eigenvalue weighted by Crippen LogP contribution is 2.10. The van der Waals surface area contributed by atoms with Crippen LogP contribution < -0.4 is 15.8 Å². The molecule has 0 unspecified atom stereocenters. The van der Waals surface area contributed by atoms with Gasteiger partial charge in [-0.3, -0.25) is 0 Å². The van der Waals surface area contributed by atoms with Crippen molar-refractivity contribution in [1.82, 2.24) is 10.6 Å². The minimum Gasteiger partial charge on any atom is -0.467 e. The molecule has 1 rings (SSSR count). The summed E-state index contributed by atoms with van der Waals surface area (Å²) in [5, 5.41) is 10.2. The summed E-state index contributed by atoms with van der Waals surface area (Å²) >= 11 is 0. The third-order valence-corrected chi connectivity index (χ3v) is 4.59. The molecule has 0 heterocycles. The van der Waals surface area contributed by atoms with Gasteiger partial charge in [-0.1, -0.05) is 32.4 Å². The zero-order valence-corrected chi connectivity index (χ0v) is 14.7. The molecular weight excluding hydrogens is 334 g/mol. The van der Waals surface area contributed by atoms with E-state index in [1.54, 1.807) is 12.1 Å². The molecule has 0 aliphatic heterocycles. The van der Waals surface area contributed by atoms with Crippen molar-refractivity contribution in [2.75, 3.05) is 7.11 Å². The van der Waals surface area contributed by atoms with Crippen LogP contribution in [0.4, 0.5) is 4.79 Å². The van der Waals surface area contributed by atoms with Crippen molar-refractivity contribution in [2.24, 2.45) is 11.1 Å². The van der Waals surface area contributed by atoms with Gasteiger partial charge >= 0.3 is 12.0 Å². The number of hydrogen-bond acceptors (Lipinski definition) is 5. The molecule has 0 fully saturated rings. The predicted octanol–water partition coefficient (Wildman–Crippen LogP) is 0.721. The van der Waals surface area contributed by atoms with E-state index in [1.165, 1.54) is 19.2 Å². The maximum absolute atomic E-state index is 11.9. The molecule has 1 aromatic carbocycles. The van der Waals surface area contributed by atoms with Crippen molar-refractivity contribution in [3.8, 4) is 0 Å². The zero-order valence-electron chi connectivity index (χ0n) is 13.9. The molecule has 2 atom stereocenters. The monoisotopic (exact) mass is 357 g/mol. The second-order valence-corrected chi connectivity index (χ2v) is 6.96. The Labute approximate surface area is 141 Å². The first-order valence-electron chi connectivity index (χ1n) is 7.43. The molecule has 9 heteroatoms. The number of methoxy groups -OCH3 is 1. The maximum Gasteiger partial charge on any atom is 0.328 e. The third-order valence-electron chi connectivity index (χ3n) is 3.66. The minimum absolute atomic E-state index is 0.00164. The van der Waals surface area contributed by atoms with Gasteiger partial charge in [0.25, 0.3) is 0 Å². The van der Waals surface area contributed by atoms with E-state index in [0.717, 1.165) is 0 Å². The number of carbonyl (C=O) groups is 2. The fourth-order valence-electron chi connectivity index (χ4n) is 1.97. The normalized spacial score (nSPS) is 13.7.